The SMILES string of the molecule is COc1ccc2c(c1)OC[C@H](C(=O)N[C@@H]1CCN(C3CC3)C1)C2. The molecule has 1 saturated carbocycles. The minimum Gasteiger partial charge on any atom is -0.497 e. The van der Waals surface area contributed by atoms with E-state index in [1.165, 1.54) is 12.8 Å². The highest BCUT2D eigenvalue weighted by molar-refractivity contribution is 5.80. The molecule has 1 aromatic rings. The van der Waals surface area contributed by atoms with Gasteiger partial charge in [0.2, 0.25) is 5.91 Å². The van der Waals surface area contributed by atoms with Crippen molar-refractivity contribution in [2.75, 3.05) is 26.8 Å². The number of likely N-dealkylation sites (tertiary alicyclic amines) is 1. The highest BCUT2D eigenvalue weighted by Crippen LogP contribution is 2.32. The Morgan fingerprint density at radius 3 is 3.00 bits per heavy atom. The molecule has 0 unspecified atom stereocenters. The lowest BCUT2D eigenvalue weighted by molar-refractivity contribution is -0.126. The van der Waals surface area contributed by atoms with Gasteiger partial charge in [-0.1, -0.05) is 6.07 Å². The number of benzene rings is 1. The van der Waals surface area contributed by atoms with Crippen molar-refractivity contribution < 1.29 is 14.3 Å². The Labute approximate surface area is 136 Å². The van der Waals surface area contributed by atoms with E-state index in [1.807, 2.05) is 18.2 Å². The Bertz CT molecular complexity index is 600. The van der Waals surface area contributed by atoms with Crippen LogP contribution in [0.5, 0.6) is 11.5 Å². The summed E-state index contributed by atoms with van der Waals surface area (Å²) in [5.41, 5.74) is 1.09. The summed E-state index contributed by atoms with van der Waals surface area (Å²) >= 11 is 0. The third kappa shape index (κ3) is 3.15. The van der Waals surface area contributed by atoms with Crippen LogP contribution in [0.3, 0.4) is 0 Å². The molecule has 2 heterocycles. The molecule has 5 heteroatoms. The molecular weight excluding hydrogens is 292 g/mol. The minimum atomic E-state index is -0.0918. The first kappa shape index (κ1) is 14.8. The first-order valence-electron chi connectivity index (χ1n) is 8.57. The lowest BCUT2D eigenvalue weighted by atomic mass is 9.95. The predicted molar refractivity (Wildman–Crippen MR) is 86.8 cm³/mol. The Kier molecular flexibility index (Phi) is 3.89. The molecule has 5 nitrogen and oxygen atoms in total. The molecule has 3 aliphatic rings. The number of nitrogens with zero attached hydrogens (tertiary/aromatic N) is 1. The van der Waals surface area contributed by atoms with Crippen LogP contribution >= 0.6 is 0 Å². The van der Waals surface area contributed by atoms with Crippen LogP contribution in [-0.2, 0) is 11.2 Å². The van der Waals surface area contributed by atoms with Crippen LogP contribution in [0.1, 0.15) is 24.8 Å². The molecule has 0 spiro atoms. The second kappa shape index (κ2) is 6.04. The second-order valence-corrected chi connectivity index (χ2v) is 6.91. The maximum Gasteiger partial charge on any atom is 0.227 e. The van der Waals surface area contributed by atoms with E-state index in [9.17, 15) is 4.79 Å². The largest absolute Gasteiger partial charge is 0.497 e. The van der Waals surface area contributed by atoms with Crippen molar-refractivity contribution in [3.63, 3.8) is 0 Å². The Morgan fingerprint density at radius 1 is 1.35 bits per heavy atom. The Morgan fingerprint density at radius 2 is 2.22 bits per heavy atom. The molecule has 2 aliphatic heterocycles. The Hall–Kier alpha value is -1.75. The van der Waals surface area contributed by atoms with E-state index < -0.39 is 0 Å². The number of rotatable bonds is 4. The molecule has 1 aromatic carbocycles. The van der Waals surface area contributed by atoms with Gasteiger partial charge in [0.05, 0.1) is 13.0 Å². The lowest BCUT2D eigenvalue weighted by Gasteiger charge is -2.26. The summed E-state index contributed by atoms with van der Waals surface area (Å²) < 4.78 is 11.0. The van der Waals surface area contributed by atoms with E-state index in [-0.39, 0.29) is 11.8 Å². The molecule has 4 rings (SSSR count). The molecular formula is C18H24N2O3. The van der Waals surface area contributed by atoms with Crippen LogP contribution < -0.4 is 14.8 Å². The maximum atomic E-state index is 12.5. The number of ether oxygens (including phenoxy) is 2. The first-order valence-corrected chi connectivity index (χ1v) is 8.57. The summed E-state index contributed by atoms with van der Waals surface area (Å²) in [5, 5.41) is 3.23. The summed E-state index contributed by atoms with van der Waals surface area (Å²) in [6.07, 6.45) is 4.47. The predicted octanol–water partition coefficient (Wildman–Crippen LogP) is 1.60. The molecule has 23 heavy (non-hydrogen) atoms. The topological polar surface area (TPSA) is 50.8 Å². The molecule has 124 valence electrons. The highest BCUT2D eigenvalue weighted by atomic mass is 16.5. The zero-order valence-electron chi connectivity index (χ0n) is 13.6. The molecule has 0 bridgehead atoms. The van der Waals surface area contributed by atoms with E-state index in [0.29, 0.717) is 12.6 Å². The summed E-state index contributed by atoms with van der Waals surface area (Å²) in [6, 6.07) is 6.91. The van der Waals surface area contributed by atoms with Crippen LogP contribution in [0.25, 0.3) is 0 Å². The highest BCUT2D eigenvalue weighted by Gasteiger charge is 2.36. The summed E-state index contributed by atoms with van der Waals surface area (Å²) in [6.45, 7) is 2.59. The van der Waals surface area contributed by atoms with Crippen LogP contribution in [-0.4, -0.2) is 49.7 Å². The normalized spacial score (nSPS) is 27.2. The third-order valence-electron chi connectivity index (χ3n) is 5.18. The van der Waals surface area contributed by atoms with Gasteiger partial charge >= 0.3 is 0 Å². The van der Waals surface area contributed by atoms with Crippen molar-refractivity contribution in [1.82, 2.24) is 10.2 Å². The number of nitrogens with one attached hydrogen (secondary N) is 1. The monoisotopic (exact) mass is 316 g/mol. The van der Waals surface area contributed by atoms with Gasteiger partial charge in [0.1, 0.15) is 18.1 Å². The van der Waals surface area contributed by atoms with E-state index in [0.717, 1.165) is 49.0 Å². The van der Waals surface area contributed by atoms with Gasteiger partial charge in [-0.25, -0.2) is 0 Å². The zero-order valence-corrected chi connectivity index (χ0v) is 13.6. The molecule has 1 N–H and O–H groups in total. The van der Waals surface area contributed by atoms with Crippen LogP contribution in [0, 0.1) is 5.92 Å². The van der Waals surface area contributed by atoms with Crippen molar-refractivity contribution in [1.29, 1.82) is 0 Å². The van der Waals surface area contributed by atoms with Gasteiger partial charge in [0.15, 0.2) is 0 Å². The average Bonchev–Trinajstić information content (AvgIpc) is 3.33. The fourth-order valence-corrected chi connectivity index (χ4v) is 3.64. The fraction of sp³-hybridized carbons (Fsp3) is 0.611. The molecule has 0 aromatic heterocycles. The molecule has 1 saturated heterocycles. The fourth-order valence-electron chi connectivity index (χ4n) is 3.64. The molecule has 2 atom stereocenters. The molecule has 0 radical (unpaired) electrons. The van der Waals surface area contributed by atoms with Gasteiger partial charge in [0, 0.05) is 31.2 Å². The summed E-state index contributed by atoms with van der Waals surface area (Å²) in [7, 11) is 1.65. The second-order valence-electron chi connectivity index (χ2n) is 6.91. The van der Waals surface area contributed by atoms with Crippen molar-refractivity contribution in [3.05, 3.63) is 23.8 Å². The Balaban J connectivity index is 1.34. The quantitative estimate of drug-likeness (QED) is 0.917. The van der Waals surface area contributed by atoms with E-state index in [2.05, 4.69) is 10.2 Å². The minimum absolute atomic E-state index is 0.0918. The van der Waals surface area contributed by atoms with E-state index >= 15 is 0 Å². The standard InChI is InChI=1S/C18H24N2O3/c1-22-16-5-2-12-8-13(11-23-17(12)9-16)18(21)19-14-6-7-20(10-14)15-3-4-15/h2,5,9,13-15H,3-4,6-8,10-11H2,1H3,(H,19,21)/t13-,14-/m1/s1. The zero-order chi connectivity index (χ0) is 15.8. The number of amides is 1. The maximum absolute atomic E-state index is 12.5. The number of fused-ring (bicyclic) bond motifs is 1. The third-order valence-corrected chi connectivity index (χ3v) is 5.18. The van der Waals surface area contributed by atoms with Gasteiger partial charge in [-0.05, 0) is 37.3 Å². The molecule has 1 amide bonds. The van der Waals surface area contributed by atoms with Crippen LogP contribution in [0.2, 0.25) is 0 Å². The van der Waals surface area contributed by atoms with Gasteiger partial charge in [0.25, 0.3) is 0 Å². The molecule has 2 fully saturated rings. The van der Waals surface area contributed by atoms with Gasteiger partial charge < -0.3 is 14.8 Å². The average molecular weight is 316 g/mol. The number of carbonyl (C=O) groups is 1. The number of methoxy groups -OCH3 is 1. The van der Waals surface area contributed by atoms with Crippen molar-refractivity contribution >= 4 is 5.91 Å². The van der Waals surface area contributed by atoms with Crippen molar-refractivity contribution in [2.45, 2.75) is 37.8 Å². The smallest absolute Gasteiger partial charge is 0.227 e. The lowest BCUT2D eigenvalue weighted by Crippen LogP contribution is -2.43. The van der Waals surface area contributed by atoms with Crippen molar-refractivity contribution in [3.8, 4) is 11.5 Å². The van der Waals surface area contributed by atoms with Crippen molar-refractivity contribution in [2.24, 2.45) is 5.92 Å². The van der Waals surface area contributed by atoms with Crippen LogP contribution in [0.4, 0.5) is 0 Å². The van der Waals surface area contributed by atoms with Gasteiger partial charge in [-0.2, -0.15) is 0 Å². The summed E-state index contributed by atoms with van der Waals surface area (Å²) in [5.74, 6) is 1.67. The number of carbonyl (C=O) groups excluding carboxylic acids is 1. The van der Waals surface area contributed by atoms with E-state index in [1.54, 1.807) is 7.11 Å². The van der Waals surface area contributed by atoms with Crippen LogP contribution in [0.15, 0.2) is 18.2 Å². The van der Waals surface area contributed by atoms with Gasteiger partial charge in [-0.3, -0.25) is 9.69 Å². The summed E-state index contributed by atoms with van der Waals surface area (Å²) in [4.78, 5) is 15.1. The number of hydrogen-bond donors (Lipinski definition) is 1. The number of hydrogen-bond acceptors (Lipinski definition) is 4. The molecule has 1 aliphatic carbocycles. The van der Waals surface area contributed by atoms with Gasteiger partial charge in [-0.15, -0.1) is 0 Å². The van der Waals surface area contributed by atoms with E-state index in [4.69, 9.17) is 9.47 Å². The first-order chi connectivity index (χ1) is 11.2.